The third-order valence-electron chi connectivity index (χ3n) is 4.50. The van der Waals surface area contributed by atoms with Crippen LogP contribution in [0.2, 0.25) is 0 Å². The summed E-state index contributed by atoms with van der Waals surface area (Å²) in [5.41, 5.74) is 2.09. The minimum atomic E-state index is -0.508. The highest BCUT2D eigenvalue weighted by Gasteiger charge is 2.17. The summed E-state index contributed by atoms with van der Waals surface area (Å²) in [7, 11) is 1.31. The summed E-state index contributed by atoms with van der Waals surface area (Å²) in [6.07, 6.45) is 1.57. The zero-order valence-electron chi connectivity index (χ0n) is 15.7. The summed E-state index contributed by atoms with van der Waals surface area (Å²) >= 11 is 1.35. The average Bonchev–Trinajstić information content (AvgIpc) is 3.27. The molecule has 29 heavy (non-hydrogen) atoms. The van der Waals surface area contributed by atoms with Crippen LogP contribution in [0, 0.1) is 6.92 Å². The molecule has 8 nitrogen and oxygen atoms in total. The lowest BCUT2D eigenvalue weighted by molar-refractivity contribution is -0.145. The zero-order chi connectivity index (χ0) is 20.5. The zero-order valence-corrected chi connectivity index (χ0v) is 16.6. The van der Waals surface area contributed by atoms with Crippen molar-refractivity contribution >= 4 is 39.1 Å². The number of benzene rings is 1. The Morgan fingerprint density at radius 3 is 2.83 bits per heavy atom. The molecule has 0 aliphatic carbocycles. The molecule has 0 atom stereocenters. The van der Waals surface area contributed by atoms with Gasteiger partial charge in [-0.15, -0.1) is 11.3 Å². The number of para-hydroxylation sites is 1. The second-order valence-corrected chi connectivity index (χ2v) is 7.26. The minimum Gasteiger partial charge on any atom is -0.465 e. The number of carbonyl (C=O) groups is 2. The number of thiazole rings is 1. The lowest BCUT2D eigenvalue weighted by Gasteiger charge is -2.07. The summed E-state index contributed by atoms with van der Waals surface area (Å²) < 4.78 is 13.3. The maximum absolute atomic E-state index is 12.4. The molecule has 3 heterocycles. The Hall–Kier alpha value is -3.46. The van der Waals surface area contributed by atoms with Gasteiger partial charge < -0.3 is 14.0 Å². The summed E-state index contributed by atoms with van der Waals surface area (Å²) in [6.45, 7) is 1.64. The van der Waals surface area contributed by atoms with Crippen LogP contribution < -0.4 is 5.56 Å². The molecule has 0 radical (unpaired) electrons. The van der Waals surface area contributed by atoms with Crippen molar-refractivity contribution < 1.29 is 19.1 Å². The highest BCUT2D eigenvalue weighted by Crippen LogP contribution is 2.22. The molecular formula is C20H17N3O5S. The van der Waals surface area contributed by atoms with Crippen LogP contribution in [-0.4, -0.2) is 33.0 Å². The second kappa shape index (κ2) is 7.51. The summed E-state index contributed by atoms with van der Waals surface area (Å²) in [5, 5.41) is 2.54. The van der Waals surface area contributed by atoms with Crippen molar-refractivity contribution in [2.75, 3.05) is 7.11 Å². The van der Waals surface area contributed by atoms with Gasteiger partial charge in [-0.2, -0.15) is 0 Å². The average molecular weight is 411 g/mol. The second-order valence-electron chi connectivity index (χ2n) is 6.42. The fourth-order valence-corrected chi connectivity index (χ4v) is 4.05. The quantitative estimate of drug-likeness (QED) is 0.469. The van der Waals surface area contributed by atoms with Gasteiger partial charge in [-0.25, -0.2) is 9.78 Å². The number of aromatic nitrogens is 3. The summed E-state index contributed by atoms with van der Waals surface area (Å²) in [4.78, 5) is 41.5. The number of carbonyl (C=O) groups excluding carboxylic acids is 2. The first kappa shape index (κ1) is 18.9. The van der Waals surface area contributed by atoms with Crippen molar-refractivity contribution in [3.63, 3.8) is 0 Å². The van der Waals surface area contributed by atoms with Crippen molar-refractivity contribution in [3.8, 4) is 0 Å². The van der Waals surface area contributed by atoms with E-state index in [0.717, 1.165) is 11.2 Å². The number of aryl methyl sites for hydroxylation is 1. The highest BCUT2D eigenvalue weighted by atomic mass is 32.1. The first-order valence-corrected chi connectivity index (χ1v) is 9.64. The van der Waals surface area contributed by atoms with Crippen molar-refractivity contribution in [2.24, 2.45) is 0 Å². The third-order valence-corrected chi connectivity index (χ3v) is 5.45. The van der Waals surface area contributed by atoms with Gasteiger partial charge in [0.05, 0.1) is 18.4 Å². The lowest BCUT2D eigenvalue weighted by Crippen LogP contribution is -2.17. The van der Waals surface area contributed by atoms with Gasteiger partial charge in [0, 0.05) is 34.2 Å². The summed E-state index contributed by atoms with van der Waals surface area (Å²) in [6, 6.07) is 8.59. The van der Waals surface area contributed by atoms with Crippen LogP contribution in [0.25, 0.3) is 15.9 Å². The Morgan fingerprint density at radius 2 is 2.03 bits per heavy atom. The van der Waals surface area contributed by atoms with Crippen LogP contribution in [0.3, 0.4) is 0 Å². The molecule has 3 aromatic heterocycles. The number of ether oxygens (including phenoxy) is 2. The maximum Gasteiger partial charge on any atom is 0.340 e. The van der Waals surface area contributed by atoms with Gasteiger partial charge >= 0.3 is 11.9 Å². The molecule has 0 saturated heterocycles. The van der Waals surface area contributed by atoms with Crippen LogP contribution in [-0.2, 0) is 27.4 Å². The van der Waals surface area contributed by atoms with Crippen molar-refractivity contribution in [1.82, 2.24) is 14.0 Å². The molecular weight excluding hydrogens is 394 g/mol. The van der Waals surface area contributed by atoms with Crippen LogP contribution in [0.15, 0.2) is 46.7 Å². The molecule has 0 amide bonds. The Kier molecular flexibility index (Phi) is 4.89. The van der Waals surface area contributed by atoms with E-state index in [1.165, 1.54) is 28.9 Å². The largest absolute Gasteiger partial charge is 0.465 e. The van der Waals surface area contributed by atoms with E-state index in [1.807, 2.05) is 30.5 Å². The van der Waals surface area contributed by atoms with Crippen LogP contribution in [0.4, 0.5) is 0 Å². The molecule has 0 N–H and O–H groups in total. The van der Waals surface area contributed by atoms with E-state index in [0.29, 0.717) is 21.6 Å². The Balaban J connectivity index is 1.52. The first-order valence-electron chi connectivity index (χ1n) is 8.76. The predicted molar refractivity (Wildman–Crippen MR) is 107 cm³/mol. The number of rotatable bonds is 5. The van der Waals surface area contributed by atoms with Crippen LogP contribution in [0.1, 0.15) is 21.7 Å². The SMILES string of the molecule is COC(=O)c1cn(CC(=O)OCc2cc(=O)n3c(C)csc3n2)c2ccccc12. The molecule has 0 unspecified atom stereocenters. The van der Waals surface area contributed by atoms with E-state index in [4.69, 9.17) is 9.47 Å². The van der Waals surface area contributed by atoms with Gasteiger partial charge in [0.25, 0.3) is 5.56 Å². The molecule has 148 valence electrons. The fraction of sp³-hybridized carbons (Fsp3) is 0.200. The standard InChI is InChI=1S/C20H17N3O5S/c1-12-11-29-20-21-13(7-17(24)23(12)20)10-28-18(25)9-22-8-15(19(26)27-2)14-5-3-4-6-16(14)22/h3-8,11H,9-10H2,1-2H3. The number of hydrogen-bond acceptors (Lipinski definition) is 7. The Morgan fingerprint density at radius 1 is 1.24 bits per heavy atom. The van der Waals surface area contributed by atoms with Gasteiger partial charge in [-0.3, -0.25) is 14.0 Å². The number of methoxy groups -OCH3 is 1. The van der Waals surface area contributed by atoms with Gasteiger partial charge in [-0.1, -0.05) is 18.2 Å². The minimum absolute atomic E-state index is 0.0865. The van der Waals surface area contributed by atoms with Gasteiger partial charge in [0.2, 0.25) is 0 Å². The van der Waals surface area contributed by atoms with E-state index in [1.54, 1.807) is 16.8 Å². The molecule has 4 rings (SSSR count). The van der Waals surface area contributed by atoms with Gasteiger partial charge in [-0.05, 0) is 13.0 Å². The number of nitrogens with zero attached hydrogens (tertiary/aromatic N) is 3. The molecule has 0 fully saturated rings. The molecule has 0 aliphatic heterocycles. The smallest absolute Gasteiger partial charge is 0.340 e. The van der Waals surface area contributed by atoms with Crippen molar-refractivity contribution in [2.45, 2.75) is 20.1 Å². The summed E-state index contributed by atoms with van der Waals surface area (Å²) in [5.74, 6) is -0.982. The van der Waals surface area contributed by atoms with Crippen LogP contribution in [0.5, 0.6) is 0 Å². The predicted octanol–water partition coefficient (Wildman–Crippen LogP) is 2.55. The first-order chi connectivity index (χ1) is 14.0. The van der Waals surface area contributed by atoms with E-state index in [9.17, 15) is 14.4 Å². The van der Waals surface area contributed by atoms with E-state index in [2.05, 4.69) is 4.98 Å². The molecule has 4 aromatic rings. The van der Waals surface area contributed by atoms with Gasteiger partial charge in [0.15, 0.2) is 4.96 Å². The molecule has 0 spiro atoms. The lowest BCUT2D eigenvalue weighted by atomic mass is 10.2. The van der Waals surface area contributed by atoms with Gasteiger partial charge in [0.1, 0.15) is 13.2 Å². The Bertz CT molecular complexity index is 1300. The highest BCUT2D eigenvalue weighted by molar-refractivity contribution is 7.15. The van der Waals surface area contributed by atoms with E-state index in [-0.39, 0.29) is 18.7 Å². The number of esters is 2. The van der Waals surface area contributed by atoms with Crippen molar-refractivity contribution in [1.29, 1.82) is 0 Å². The fourth-order valence-electron chi connectivity index (χ4n) is 3.16. The third kappa shape index (κ3) is 3.52. The monoisotopic (exact) mass is 411 g/mol. The molecule has 1 aromatic carbocycles. The number of fused-ring (bicyclic) bond motifs is 2. The molecule has 0 bridgehead atoms. The molecule has 0 aliphatic rings. The molecule has 0 saturated carbocycles. The van der Waals surface area contributed by atoms with E-state index < -0.39 is 11.9 Å². The topological polar surface area (TPSA) is 91.9 Å². The van der Waals surface area contributed by atoms with Crippen LogP contribution >= 0.6 is 11.3 Å². The number of hydrogen-bond donors (Lipinski definition) is 0. The van der Waals surface area contributed by atoms with Crippen molar-refractivity contribution in [3.05, 3.63) is 69.2 Å². The van der Waals surface area contributed by atoms with E-state index >= 15 is 0 Å². The maximum atomic E-state index is 12.4. The molecule has 9 heteroatoms. The Labute approximate surface area is 168 Å². The normalized spacial score (nSPS) is 11.1.